The van der Waals surface area contributed by atoms with E-state index in [1.165, 1.54) is 0 Å². The number of pyridine rings is 1. The van der Waals surface area contributed by atoms with Crippen LogP contribution in [0.2, 0.25) is 0 Å². The molecule has 15 heavy (non-hydrogen) atoms. The SMILES string of the molecule is CCN(CCCO)CCc1ccccn1. The molecule has 0 radical (unpaired) electrons. The van der Waals surface area contributed by atoms with Crippen LogP contribution < -0.4 is 0 Å². The van der Waals surface area contributed by atoms with E-state index in [0.717, 1.165) is 38.2 Å². The molecule has 1 N–H and O–H groups in total. The highest BCUT2D eigenvalue weighted by Gasteiger charge is 2.02. The van der Waals surface area contributed by atoms with Crippen LogP contribution in [-0.4, -0.2) is 41.2 Å². The molecular weight excluding hydrogens is 188 g/mol. The summed E-state index contributed by atoms with van der Waals surface area (Å²) < 4.78 is 0. The van der Waals surface area contributed by atoms with Crippen molar-refractivity contribution in [3.8, 4) is 0 Å². The highest BCUT2D eigenvalue weighted by atomic mass is 16.3. The second-order valence-corrected chi connectivity index (χ2v) is 3.58. The summed E-state index contributed by atoms with van der Waals surface area (Å²) >= 11 is 0. The fourth-order valence-corrected chi connectivity index (χ4v) is 1.54. The van der Waals surface area contributed by atoms with Gasteiger partial charge in [-0.3, -0.25) is 4.98 Å². The number of aliphatic hydroxyl groups excluding tert-OH is 1. The Kier molecular flexibility index (Phi) is 5.97. The van der Waals surface area contributed by atoms with Crippen LogP contribution in [0.1, 0.15) is 19.0 Å². The lowest BCUT2D eigenvalue weighted by Crippen LogP contribution is -2.27. The summed E-state index contributed by atoms with van der Waals surface area (Å²) in [7, 11) is 0. The summed E-state index contributed by atoms with van der Waals surface area (Å²) in [5.74, 6) is 0. The monoisotopic (exact) mass is 208 g/mol. The molecule has 1 rings (SSSR count). The second kappa shape index (κ2) is 7.37. The van der Waals surface area contributed by atoms with Gasteiger partial charge in [-0.05, 0) is 25.1 Å². The van der Waals surface area contributed by atoms with Crippen LogP contribution in [0.25, 0.3) is 0 Å². The smallest absolute Gasteiger partial charge is 0.0443 e. The van der Waals surface area contributed by atoms with Crippen molar-refractivity contribution in [1.82, 2.24) is 9.88 Å². The molecule has 3 nitrogen and oxygen atoms in total. The maximum atomic E-state index is 8.76. The van der Waals surface area contributed by atoms with Crippen molar-refractivity contribution < 1.29 is 5.11 Å². The maximum Gasteiger partial charge on any atom is 0.0443 e. The molecule has 0 aliphatic rings. The normalized spacial score (nSPS) is 10.9. The molecule has 3 heteroatoms. The molecular formula is C12H20N2O. The van der Waals surface area contributed by atoms with Crippen LogP contribution in [0, 0.1) is 0 Å². The minimum absolute atomic E-state index is 0.278. The molecule has 1 aromatic rings. The number of aliphatic hydroxyl groups is 1. The van der Waals surface area contributed by atoms with E-state index in [4.69, 9.17) is 5.11 Å². The van der Waals surface area contributed by atoms with E-state index in [1.807, 2.05) is 18.3 Å². The number of hydrogen-bond donors (Lipinski definition) is 1. The van der Waals surface area contributed by atoms with Gasteiger partial charge in [0, 0.05) is 38.0 Å². The molecule has 0 bridgehead atoms. The Hall–Kier alpha value is -0.930. The molecule has 1 aromatic heterocycles. The Balaban J connectivity index is 2.28. The zero-order chi connectivity index (χ0) is 10.9. The molecule has 0 fully saturated rings. The van der Waals surface area contributed by atoms with Crippen molar-refractivity contribution in [3.63, 3.8) is 0 Å². The fraction of sp³-hybridized carbons (Fsp3) is 0.583. The van der Waals surface area contributed by atoms with Gasteiger partial charge in [-0.25, -0.2) is 0 Å². The van der Waals surface area contributed by atoms with Crippen LogP contribution in [0.3, 0.4) is 0 Å². The topological polar surface area (TPSA) is 36.4 Å². The van der Waals surface area contributed by atoms with Gasteiger partial charge in [-0.15, -0.1) is 0 Å². The predicted octanol–water partition coefficient (Wildman–Crippen LogP) is 1.33. The molecule has 0 aliphatic carbocycles. The van der Waals surface area contributed by atoms with E-state index in [2.05, 4.69) is 22.9 Å². The number of rotatable bonds is 7. The van der Waals surface area contributed by atoms with E-state index in [9.17, 15) is 0 Å². The summed E-state index contributed by atoms with van der Waals surface area (Å²) in [4.78, 5) is 6.63. The lowest BCUT2D eigenvalue weighted by atomic mass is 10.2. The number of nitrogens with zero attached hydrogens (tertiary/aromatic N) is 2. The summed E-state index contributed by atoms with van der Waals surface area (Å²) in [5.41, 5.74) is 1.14. The lowest BCUT2D eigenvalue weighted by molar-refractivity contribution is 0.231. The van der Waals surface area contributed by atoms with Crippen molar-refractivity contribution in [2.24, 2.45) is 0 Å². The third-order valence-corrected chi connectivity index (χ3v) is 2.49. The Morgan fingerprint density at radius 3 is 2.80 bits per heavy atom. The van der Waals surface area contributed by atoms with Crippen LogP contribution in [0.15, 0.2) is 24.4 Å². The first-order chi connectivity index (χ1) is 7.36. The maximum absolute atomic E-state index is 8.76. The van der Waals surface area contributed by atoms with Crippen LogP contribution >= 0.6 is 0 Å². The Labute approximate surface area is 91.8 Å². The van der Waals surface area contributed by atoms with E-state index in [1.54, 1.807) is 0 Å². The molecule has 84 valence electrons. The fourth-order valence-electron chi connectivity index (χ4n) is 1.54. The van der Waals surface area contributed by atoms with Gasteiger partial charge < -0.3 is 10.0 Å². The Bertz CT molecular complexity index is 251. The molecule has 0 aromatic carbocycles. The Morgan fingerprint density at radius 2 is 2.20 bits per heavy atom. The second-order valence-electron chi connectivity index (χ2n) is 3.58. The summed E-state index contributed by atoms with van der Waals surface area (Å²) in [6.45, 7) is 5.45. The average Bonchev–Trinajstić information content (AvgIpc) is 2.31. The molecule has 0 spiro atoms. The minimum Gasteiger partial charge on any atom is -0.396 e. The van der Waals surface area contributed by atoms with Gasteiger partial charge in [0.1, 0.15) is 0 Å². The Morgan fingerprint density at radius 1 is 1.33 bits per heavy atom. The van der Waals surface area contributed by atoms with Crippen LogP contribution in [0.4, 0.5) is 0 Å². The third kappa shape index (κ3) is 4.91. The quantitative estimate of drug-likeness (QED) is 0.734. The molecule has 0 saturated carbocycles. The lowest BCUT2D eigenvalue weighted by Gasteiger charge is -2.19. The van der Waals surface area contributed by atoms with Gasteiger partial charge in [0.05, 0.1) is 0 Å². The molecule has 0 aliphatic heterocycles. The summed E-state index contributed by atoms with van der Waals surface area (Å²) in [6.07, 6.45) is 3.68. The number of likely N-dealkylation sites (N-methyl/N-ethyl adjacent to an activating group) is 1. The van der Waals surface area contributed by atoms with Gasteiger partial charge in [0.25, 0.3) is 0 Å². The summed E-state index contributed by atoms with van der Waals surface area (Å²) in [6, 6.07) is 6.01. The summed E-state index contributed by atoms with van der Waals surface area (Å²) in [5, 5.41) is 8.76. The van der Waals surface area contributed by atoms with Crippen molar-refractivity contribution in [1.29, 1.82) is 0 Å². The van der Waals surface area contributed by atoms with E-state index in [0.29, 0.717) is 0 Å². The van der Waals surface area contributed by atoms with Gasteiger partial charge in [0.15, 0.2) is 0 Å². The number of aromatic nitrogens is 1. The van der Waals surface area contributed by atoms with Crippen LogP contribution in [-0.2, 0) is 6.42 Å². The van der Waals surface area contributed by atoms with Gasteiger partial charge >= 0.3 is 0 Å². The molecule has 0 atom stereocenters. The number of hydrogen-bond acceptors (Lipinski definition) is 3. The highest BCUT2D eigenvalue weighted by Crippen LogP contribution is 1.98. The van der Waals surface area contributed by atoms with Crippen molar-refractivity contribution in [2.75, 3.05) is 26.2 Å². The third-order valence-electron chi connectivity index (χ3n) is 2.49. The van der Waals surface area contributed by atoms with E-state index in [-0.39, 0.29) is 6.61 Å². The van der Waals surface area contributed by atoms with E-state index >= 15 is 0 Å². The van der Waals surface area contributed by atoms with Crippen LogP contribution in [0.5, 0.6) is 0 Å². The standard InChI is InChI=1S/C12H20N2O/c1-2-14(9-5-11-15)10-7-12-6-3-4-8-13-12/h3-4,6,8,15H,2,5,7,9-11H2,1H3. The van der Waals surface area contributed by atoms with E-state index < -0.39 is 0 Å². The van der Waals surface area contributed by atoms with Gasteiger partial charge in [-0.2, -0.15) is 0 Å². The average molecular weight is 208 g/mol. The first-order valence-corrected chi connectivity index (χ1v) is 5.60. The van der Waals surface area contributed by atoms with Crippen molar-refractivity contribution in [2.45, 2.75) is 19.8 Å². The zero-order valence-corrected chi connectivity index (χ0v) is 9.39. The zero-order valence-electron chi connectivity index (χ0n) is 9.39. The molecule has 1 heterocycles. The highest BCUT2D eigenvalue weighted by molar-refractivity contribution is 5.03. The van der Waals surface area contributed by atoms with Gasteiger partial charge in [0.2, 0.25) is 0 Å². The molecule has 0 unspecified atom stereocenters. The molecule has 0 saturated heterocycles. The predicted molar refractivity (Wildman–Crippen MR) is 61.8 cm³/mol. The first kappa shape index (κ1) is 12.1. The van der Waals surface area contributed by atoms with Crippen molar-refractivity contribution in [3.05, 3.63) is 30.1 Å². The van der Waals surface area contributed by atoms with Gasteiger partial charge in [-0.1, -0.05) is 13.0 Å². The minimum atomic E-state index is 0.278. The molecule has 0 amide bonds. The van der Waals surface area contributed by atoms with Crippen molar-refractivity contribution >= 4 is 0 Å². The first-order valence-electron chi connectivity index (χ1n) is 5.60. The largest absolute Gasteiger partial charge is 0.396 e.